The van der Waals surface area contributed by atoms with Crippen molar-refractivity contribution in [1.29, 1.82) is 0 Å². The zero-order valence-electron chi connectivity index (χ0n) is 7.43. The quantitative estimate of drug-likeness (QED) is 0.236. The summed E-state index contributed by atoms with van der Waals surface area (Å²) in [4.78, 5) is 0. The van der Waals surface area contributed by atoms with Crippen LogP contribution in [0.25, 0.3) is 0 Å². The molecule has 0 bridgehead atoms. The highest BCUT2D eigenvalue weighted by Crippen LogP contribution is 2.07. The van der Waals surface area contributed by atoms with Crippen LogP contribution in [0.3, 0.4) is 0 Å². The highest BCUT2D eigenvalue weighted by molar-refractivity contribution is 4.84. The van der Waals surface area contributed by atoms with Gasteiger partial charge in [0, 0.05) is 0 Å². The summed E-state index contributed by atoms with van der Waals surface area (Å²) in [5, 5.41) is 61.9. The monoisotopic (exact) mass is 212 g/mol. The van der Waals surface area contributed by atoms with Crippen molar-refractivity contribution in [3.8, 4) is 0 Å². The van der Waals surface area contributed by atoms with Crippen LogP contribution >= 0.6 is 0 Å². The van der Waals surface area contributed by atoms with E-state index in [0.29, 0.717) is 0 Å². The van der Waals surface area contributed by atoms with Crippen LogP contribution in [-0.4, -0.2) is 79.5 Å². The lowest BCUT2D eigenvalue weighted by Crippen LogP contribution is -2.50. The van der Waals surface area contributed by atoms with Crippen LogP contribution in [-0.2, 0) is 0 Å². The Bertz CT molecular complexity index is 137. The second-order valence-corrected chi connectivity index (χ2v) is 2.97. The fourth-order valence-corrected chi connectivity index (χ4v) is 0.873. The van der Waals surface area contributed by atoms with E-state index in [2.05, 4.69) is 0 Å². The van der Waals surface area contributed by atoms with Gasteiger partial charge < -0.3 is 35.7 Å². The molecular weight excluding hydrogens is 196 g/mol. The van der Waals surface area contributed by atoms with Crippen LogP contribution in [0.2, 0.25) is 0 Å². The van der Waals surface area contributed by atoms with Crippen molar-refractivity contribution in [3.63, 3.8) is 0 Å². The molecule has 0 spiro atoms. The Kier molecular flexibility index (Phi) is 6.12. The SMILES string of the molecule is OC[C@H](O)[C@H](O)C(O)[C@@H](O)[C@@H](O)CO. The summed E-state index contributed by atoms with van der Waals surface area (Å²) in [6.45, 7) is -1.58. The molecule has 0 aliphatic carbocycles. The van der Waals surface area contributed by atoms with Gasteiger partial charge in [-0.15, -0.1) is 0 Å². The smallest absolute Gasteiger partial charge is 0.111 e. The highest BCUT2D eigenvalue weighted by atomic mass is 16.4. The summed E-state index contributed by atoms with van der Waals surface area (Å²) in [5.74, 6) is 0. The zero-order valence-corrected chi connectivity index (χ0v) is 7.43. The molecule has 7 nitrogen and oxygen atoms in total. The van der Waals surface area contributed by atoms with Crippen LogP contribution in [0.4, 0.5) is 0 Å². The van der Waals surface area contributed by atoms with E-state index in [1.807, 2.05) is 0 Å². The first-order valence-electron chi connectivity index (χ1n) is 4.07. The molecule has 0 saturated carbocycles. The lowest BCUT2D eigenvalue weighted by molar-refractivity contribution is -0.145. The molecule has 0 saturated heterocycles. The molecule has 0 fully saturated rings. The second kappa shape index (κ2) is 6.25. The Morgan fingerprint density at radius 2 is 0.857 bits per heavy atom. The van der Waals surface area contributed by atoms with Gasteiger partial charge in [-0.3, -0.25) is 0 Å². The van der Waals surface area contributed by atoms with Crippen LogP contribution in [0.5, 0.6) is 0 Å². The van der Waals surface area contributed by atoms with Gasteiger partial charge in [-0.05, 0) is 0 Å². The van der Waals surface area contributed by atoms with Gasteiger partial charge in [-0.25, -0.2) is 0 Å². The third-order valence-electron chi connectivity index (χ3n) is 1.86. The number of aliphatic hydroxyl groups is 7. The molecule has 7 heteroatoms. The Morgan fingerprint density at radius 3 is 1.07 bits per heavy atom. The largest absolute Gasteiger partial charge is 0.394 e. The molecule has 0 unspecified atom stereocenters. The van der Waals surface area contributed by atoms with Gasteiger partial charge in [0.05, 0.1) is 13.2 Å². The molecule has 0 aliphatic rings. The van der Waals surface area contributed by atoms with Gasteiger partial charge in [-0.2, -0.15) is 0 Å². The molecule has 0 aromatic heterocycles. The fourth-order valence-electron chi connectivity index (χ4n) is 0.873. The summed E-state index contributed by atoms with van der Waals surface area (Å²) in [6, 6.07) is 0. The van der Waals surface area contributed by atoms with Crippen molar-refractivity contribution >= 4 is 0 Å². The number of hydrogen-bond donors (Lipinski definition) is 7. The van der Waals surface area contributed by atoms with E-state index in [9.17, 15) is 0 Å². The lowest BCUT2D eigenvalue weighted by Gasteiger charge is -2.27. The van der Waals surface area contributed by atoms with Gasteiger partial charge in [-0.1, -0.05) is 0 Å². The van der Waals surface area contributed by atoms with E-state index in [-0.39, 0.29) is 0 Å². The molecule has 7 N–H and O–H groups in total. The second-order valence-electron chi connectivity index (χ2n) is 2.97. The maximum Gasteiger partial charge on any atom is 0.111 e. The Hall–Kier alpha value is -0.280. The summed E-state index contributed by atoms with van der Waals surface area (Å²) in [5.41, 5.74) is 0. The molecular formula is C7H16O7. The van der Waals surface area contributed by atoms with Crippen LogP contribution in [0, 0.1) is 0 Å². The molecule has 4 atom stereocenters. The third kappa shape index (κ3) is 3.46. The average Bonchev–Trinajstić information content (AvgIpc) is 2.23. The Labute approximate surface area is 80.5 Å². The van der Waals surface area contributed by atoms with E-state index in [4.69, 9.17) is 35.7 Å². The number of aliphatic hydroxyl groups excluding tert-OH is 7. The topological polar surface area (TPSA) is 142 Å². The highest BCUT2D eigenvalue weighted by Gasteiger charge is 2.33. The molecule has 0 aromatic rings. The summed E-state index contributed by atoms with van der Waals surface area (Å²) >= 11 is 0. The first-order chi connectivity index (χ1) is 6.45. The van der Waals surface area contributed by atoms with Crippen LogP contribution < -0.4 is 0 Å². The van der Waals surface area contributed by atoms with Crippen molar-refractivity contribution in [2.45, 2.75) is 30.5 Å². The molecule has 0 amide bonds. The van der Waals surface area contributed by atoms with Crippen LogP contribution in [0.15, 0.2) is 0 Å². The van der Waals surface area contributed by atoms with Crippen molar-refractivity contribution < 1.29 is 35.7 Å². The fraction of sp³-hybridized carbons (Fsp3) is 1.00. The minimum Gasteiger partial charge on any atom is -0.394 e. The third-order valence-corrected chi connectivity index (χ3v) is 1.86. The lowest BCUT2D eigenvalue weighted by atomic mass is 10.00. The van der Waals surface area contributed by atoms with E-state index in [1.54, 1.807) is 0 Å². The molecule has 0 heterocycles. The predicted octanol–water partition coefficient (Wildman–Crippen LogP) is -4.22. The number of hydrogen-bond acceptors (Lipinski definition) is 7. The summed E-state index contributed by atoms with van der Waals surface area (Å²) in [7, 11) is 0. The summed E-state index contributed by atoms with van der Waals surface area (Å²) < 4.78 is 0. The van der Waals surface area contributed by atoms with Crippen LogP contribution in [0.1, 0.15) is 0 Å². The molecule has 86 valence electrons. The maximum absolute atomic E-state index is 9.15. The van der Waals surface area contributed by atoms with Gasteiger partial charge in [0.15, 0.2) is 0 Å². The van der Waals surface area contributed by atoms with E-state index in [0.717, 1.165) is 0 Å². The predicted molar refractivity (Wildman–Crippen MR) is 44.2 cm³/mol. The van der Waals surface area contributed by atoms with Gasteiger partial charge in [0.1, 0.15) is 30.5 Å². The normalized spacial score (nSPS) is 20.6. The standard InChI is InChI=1S/C7H16O7/c8-1-3(10)5(12)7(14)6(13)4(11)2-9/h3-14H,1-2H2/t3-,4-,5-,6-/m0/s1. The molecule has 0 radical (unpaired) electrons. The van der Waals surface area contributed by atoms with Crippen molar-refractivity contribution in [3.05, 3.63) is 0 Å². The Balaban J connectivity index is 4.22. The van der Waals surface area contributed by atoms with Gasteiger partial charge in [0.25, 0.3) is 0 Å². The van der Waals surface area contributed by atoms with Crippen molar-refractivity contribution in [2.75, 3.05) is 13.2 Å². The van der Waals surface area contributed by atoms with Crippen molar-refractivity contribution in [2.24, 2.45) is 0 Å². The molecule has 0 rings (SSSR count). The Morgan fingerprint density at radius 1 is 0.571 bits per heavy atom. The average molecular weight is 212 g/mol. The molecule has 14 heavy (non-hydrogen) atoms. The van der Waals surface area contributed by atoms with Gasteiger partial charge >= 0.3 is 0 Å². The van der Waals surface area contributed by atoms with Crippen molar-refractivity contribution in [1.82, 2.24) is 0 Å². The summed E-state index contributed by atoms with van der Waals surface area (Å²) in [6.07, 6.45) is -8.68. The zero-order chi connectivity index (χ0) is 11.3. The molecule has 0 aromatic carbocycles. The first kappa shape index (κ1) is 13.7. The van der Waals surface area contributed by atoms with E-state index >= 15 is 0 Å². The van der Waals surface area contributed by atoms with E-state index in [1.165, 1.54) is 0 Å². The maximum atomic E-state index is 9.15. The molecule has 0 aliphatic heterocycles. The van der Waals surface area contributed by atoms with Gasteiger partial charge in [0.2, 0.25) is 0 Å². The number of rotatable bonds is 6. The first-order valence-corrected chi connectivity index (χ1v) is 4.07. The van der Waals surface area contributed by atoms with E-state index < -0.39 is 43.7 Å². The minimum absolute atomic E-state index is 0.792. The minimum atomic E-state index is -1.85.